The second-order valence-electron chi connectivity index (χ2n) is 5.22. The van der Waals surface area contributed by atoms with Crippen LogP contribution >= 0.6 is 0 Å². The summed E-state index contributed by atoms with van der Waals surface area (Å²) in [5.41, 5.74) is 2.78. The number of furan rings is 1. The maximum Gasteiger partial charge on any atom is 0.308 e. The third-order valence-electron chi connectivity index (χ3n) is 3.50. The molecule has 0 fully saturated rings. The molecule has 1 amide bonds. The Morgan fingerprint density at radius 2 is 2.09 bits per heavy atom. The van der Waals surface area contributed by atoms with E-state index in [0.717, 1.165) is 22.1 Å². The molecule has 0 bridgehead atoms. The molecular weight excluding hydrogens is 298 g/mol. The van der Waals surface area contributed by atoms with Gasteiger partial charge in [-0.25, -0.2) is 0 Å². The molecule has 0 saturated carbocycles. The topological polar surface area (TPSA) is 90.4 Å². The minimum atomic E-state index is -0.439. The number of carbonyl (C=O) groups excluding carboxylic acids is 1. The van der Waals surface area contributed by atoms with E-state index in [1.807, 2.05) is 32.0 Å². The van der Waals surface area contributed by atoms with Crippen LogP contribution in [-0.4, -0.2) is 36.4 Å². The summed E-state index contributed by atoms with van der Waals surface area (Å²) in [7, 11) is 1.56. The lowest BCUT2D eigenvalue weighted by Crippen LogP contribution is -2.27. The molecule has 3 rings (SSSR count). The highest BCUT2D eigenvalue weighted by Gasteiger charge is 2.21. The van der Waals surface area contributed by atoms with Crippen LogP contribution in [0.2, 0.25) is 0 Å². The average molecular weight is 315 g/mol. The highest BCUT2D eigenvalue weighted by molar-refractivity contribution is 5.90. The first-order valence-electron chi connectivity index (χ1n) is 7.21. The number of methoxy groups -OCH3 is 1. The van der Waals surface area contributed by atoms with Crippen molar-refractivity contribution in [3.05, 3.63) is 35.2 Å². The Bertz CT molecular complexity index is 850. The summed E-state index contributed by atoms with van der Waals surface area (Å²) in [5, 5.41) is 11.3. The quantitative estimate of drug-likeness (QED) is 0.727. The fraction of sp³-hybridized carbons (Fsp3) is 0.312. The number of benzene rings is 1. The van der Waals surface area contributed by atoms with Gasteiger partial charge in [0.25, 0.3) is 5.89 Å². The number of ether oxygens (including phenoxy) is 1. The minimum absolute atomic E-state index is 0.105. The molecule has 2 heterocycles. The number of nitrogens with zero attached hydrogens (tertiary/aromatic N) is 2. The zero-order chi connectivity index (χ0) is 16.4. The molecule has 0 radical (unpaired) electrons. The van der Waals surface area contributed by atoms with Crippen LogP contribution in [0.15, 0.2) is 27.0 Å². The zero-order valence-electron chi connectivity index (χ0n) is 13.2. The van der Waals surface area contributed by atoms with Crippen molar-refractivity contribution in [2.24, 2.45) is 0 Å². The van der Waals surface area contributed by atoms with E-state index in [1.165, 1.54) is 0 Å². The number of amides is 1. The predicted octanol–water partition coefficient (Wildman–Crippen LogP) is 2.48. The maximum atomic E-state index is 11.9. The summed E-state index contributed by atoms with van der Waals surface area (Å²) in [5.74, 6) is 0.125. The Labute approximate surface area is 132 Å². The van der Waals surface area contributed by atoms with Crippen molar-refractivity contribution in [2.75, 3.05) is 20.3 Å². The van der Waals surface area contributed by atoms with Crippen molar-refractivity contribution in [3.8, 4) is 11.7 Å². The first-order chi connectivity index (χ1) is 11.1. The minimum Gasteiger partial charge on any atom is -0.451 e. The molecule has 0 unspecified atom stereocenters. The molecule has 3 aromatic rings. The van der Waals surface area contributed by atoms with Crippen LogP contribution in [0.25, 0.3) is 22.6 Å². The molecule has 7 heteroatoms. The van der Waals surface area contributed by atoms with Gasteiger partial charge in [-0.1, -0.05) is 11.6 Å². The number of hydrogen-bond donors (Lipinski definition) is 1. The number of carbonyl (C=O) groups is 1. The lowest BCUT2D eigenvalue weighted by molar-refractivity contribution is 0.0903. The van der Waals surface area contributed by atoms with Crippen LogP contribution in [-0.2, 0) is 4.74 Å². The lowest BCUT2D eigenvalue weighted by atomic mass is 10.1. The number of hydrogen-bond acceptors (Lipinski definition) is 6. The molecule has 1 aromatic carbocycles. The monoisotopic (exact) mass is 315 g/mol. The van der Waals surface area contributed by atoms with Crippen LogP contribution in [0.4, 0.5) is 0 Å². The van der Waals surface area contributed by atoms with Crippen LogP contribution in [0, 0.1) is 13.8 Å². The third kappa shape index (κ3) is 2.95. The van der Waals surface area contributed by atoms with E-state index < -0.39 is 5.91 Å². The van der Waals surface area contributed by atoms with Gasteiger partial charge < -0.3 is 18.9 Å². The Morgan fingerprint density at radius 3 is 2.87 bits per heavy atom. The van der Waals surface area contributed by atoms with Crippen molar-refractivity contribution in [1.29, 1.82) is 0 Å². The Hall–Kier alpha value is -2.67. The van der Waals surface area contributed by atoms with Gasteiger partial charge in [0.15, 0.2) is 5.76 Å². The standard InChI is InChI=1S/C16H17N3O4/c1-9-4-5-12-11(8-9)10(2)13(22-12)15-18-19-16(23-15)14(20)17-6-7-21-3/h4-5,8H,6-7H2,1-3H3,(H,17,20). The van der Waals surface area contributed by atoms with Crippen LogP contribution in [0.3, 0.4) is 0 Å². The molecule has 2 aromatic heterocycles. The number of aryl methyl sites for hydroxylation is 2. The van der Waals surface area contributed by atoms with E-state index >= 15 is 0 Å². The summed E-state index contributed by atoms with van der Waals surface area (Å²) < 4.78 is 16.1. The van der Waals surface area contributed by atoms with Crippen molar-refractivity contribution in [3.63, 3.8) is 0 Å². The predicted molar refractivity (Wildman–Crippen MR) is 83.2 cm³/mol. The molecule has 0 spiro atoms. The molecule has 0 aliphatic carbocycles. The van der Waals surface area contributed by atoms with Crippen molar-refractivity contribution in [2.45, 2.75) is 13.8 Å². The SMILES string of the molecule is COCCNC(=O)c1nnc(-c2oc3ccc(C)cc3c2C)o1. The van der Waals surface area contributed by atoms with Gasteiger partial charge in [-0.15, -0.1) is 10.2 Å². The summed E-state index contributed by atoms with van der Waals surface area (Å²) in [4.78, 5) is 11.9. The van der Waals surface area contributed by atoms with Gasteiger partial charge in [0, 0.05) is 24.6 Å². The highest BCUT2D eigenvalue weighted by atomic mass is 16.5. The summed E-state index contributed by atoms with van der Waals surface area (Å²) >= 11 is 0. The molecule has 120 valence electrons. The number of nitrogens with one attached hydrogen (secondary N) is 1. The van der Waals surface area contributed by atoms with E-state index in [0.29, 0.717) is 18.9 Å². The Morgan fingerprint density at radius 1 is 1.26 bits per heavy atom. The van der Waals surface area contributed by atoms with Crippen LogP contribution in [0.1, 0.15) is 21.8 Å². The maximum absolute atomic E-state index is 11.9. The second kappa shape index (κ2) is 6.21. The summed E-state index contributed by atoms with van der Waals surface area (Å²) in [6, 6.07) is 5.90. The largest absolute Gasteiger partial charge is 0.451 e. The Balaban J connectivity index is 1.88. The highest BCUT2D eigenvalue weighted by Crippen LogP contribution is 2.32. The molecular formula is C16H17N3O4. The van der Waals surface area contributed by atoms with Crippen molar-refractivity contribution >= 4 is 16.9 Å². The molecule has 0 atom stereocenters. The van der Waals surface area contributed by atoms with Crippen molar-refractivity contribution < 1.29 is 18.4 Å². The van der Waals surface area contributed by atoms with Gasteiger partial charge in [0.1, 0.15) is 5.58 Å². The van der Waals surface area contributed by atoms with Gasteiger partial charge in [-0.3, -0.25) is 4.79 Å². The van der Waals surface area contributed by atoms with E-state index in [4.69, 9.17) is 13.6 Å². The number of aromatic nitrogens is 2. The second-order valence-corrected chi connectivity index (χ2v) is 5.22. The first kappa shape index (κ1) is 15.2. The third-order valence-corrected chi connectivity index (χ3v) is 3.50. The van der Waals surface area contributed by atoms with Gasteiger partial charge in [-0.05, 0) is 26.0 Å². The van der Waals surface area contributed by atoms with Gasteiger partial charge in [-0.2, -0.15) is 0 Å². The van der Waals surface area contributed by atoms with E-state index in [2.05, 4.69) is 15.5 Å². The van der Waals surface area contributed by atoms with Gasteiger partial charge in [0.05, 0.1) is 6.61 Å². The number of fused-ring (bicyclic) bond motifs is 1. The summed E-state index contributed by atoms with van der Waals surface area (Å²) in [6.07, 6.45) is 0. The molecule has 7 nitrogen and oxygen atoms in total. The van der Waals surface area contributed by atoms with E-state index in [-0.39, 0.29) is 11.8 Å². The molecule has 0 aliphatic rings. The summed E-state index contributed by atoms with van der Waals surface area (Å²) in [6.45, 7) is 4.72. The van der Waals surface area contributed by atoms with E-state index in [1.54, 1.807) is 7.11 Å². The van der Waals surface area contributed by atoms with Crippen LogP contribution in [0.5, 0.6) is 0 Å². The fourth-order valence-corrected chi connectivity index (χ4v) is 2.29. The van der Waals surface area contributed by atoms with Crippen molar-refractivity contribution in [1.82, 2.24) is 15.5 Å². The first-order valence-corrected chi connectivity index (χ1v) is 7.21. The zero-order valence-corrected chi connectivity index (χ0v) is 13.2. The normalized spacial score (nSPS) is 11.1. The smallest absolute Gasteiger partial charge is 0.308 e. The molecule has 0 aliphatic heterocycles. The lowest BCUT2D eigenvalue weighted by Gasteiger charge is -1.99. The fourth-order valence-electron chi connectivity index (χ4n) is 2.29. The van der Waals surface area contributed by atoms with Gasteiger partial charge >= 0.3 is 11.8 Å². The average Bonchev–Trinajstić information content (AvgIpc) is 3.13. The van der Waals surface area contributed by atoms with E-state index in [9.17, 15) is 4.79 Å². The number of rotatable bonds is 5. The molecule has 1 N–H and O–H groups in total. The Kier molecular flexibility index (Phi) is 4.12. The molecule has 23 heavy (non-hydrogen) atoms. The molecule has 0 saturated heterocycles. The van der Waals surface area contributed by atoms with Crippen LogP contribution < -0.4 is 5.32 Å². The van der Waals surface area contributed by atoms with Gasteiger partial charge in [0.2, 0.25) is 0 Å².